The number of esters is 1. The maximum absolute atomic E-state index is 12.8. The van der Waals surface area contributed by atoms with Gasteiger partial charge in [0.25, 0.3) is 17.1 Å². The second-order valence-corrected chi connectivity index (χ2v) is 7.71. The summed E-state index contributed by atoms with van der Waals surface area (Å²) < 4.78 is 10.5. The van der Waals surface area contributed by atoms with Crippen molar-refractivity contribution >= 4 is 46.5 Å². The number of para-hydroxylation sites is 2. The number of anilines is 1. The highest BCUT2D eigenvalue weighted by Gasteiger charge is 2.41. The van der Waals surface area contributed by atoms with Crippen LogP contribution in [0.4, 0.5) is 10.5 Å². The van der Waals surface area contributed by atoms with Crippen molar-refractivity contribution in [1.82, 2.24) is 4.90 Å². The number of benzene rings is 2. The van der Waals surface area contributed by atoms with E-state index < -0.39 is 23.2 Å². The Hall–Kier alpha value is -3.59. The standard InChI is InChI=1S/C23H22N2O6S/c1-3-30-22(28)15(2)25-21(27)19(32-23(25)29)13-16-9-7-8-12-18(16)31-14-20(26)24-17-10-5-4-6-11-17/h4-13,15H,3,14H2,1-2H3,(H,24,26)/b19-13+/t15-/m1/s1. The Morgan fingerprint density at radius 3 is 2.50 bits per heavy atom. The van der Waals surface area contributed by atoms with E-state index in [9.17, 15) is 19.2 Å². The van der Waals surface area contributed by atoms with Crippen molar-refractivity contribution in [3.05, 3.63) is 65.1 Å². The third-order valence-corrected chi connectivity index (χ3v) is 5.34. The highest BCUT2D eigenvalue weighted by molar-refractivity contribution is 8.18. The zero-order chi connectivity index (χ0) is 23.1. The molecular weight excluding hydrogens is 432 g/mol. The molecule has 1 heterocycles. The molecule has 2 aromatic rings. The molecule has 0 radical (unpaired) electrons. The number of rotatable bonds is 8. The Morgan fingerprint density at radius 1 is 1.09 bits per heavy atom. The van der Waals surface area contributed by atoms with Gasteiger partial charge in [-0.2, -0.15) is 0 Å². The minimum atomic E-state index is -1.03. The van der Waals surface area contributed by atoms with Crippen LogP contribution in [-0.2, 0) is 19.1 Å². The largest absolute Gasteiger partial charge is 0.483 e. The molecule has 0 aliphatic carbocycles. The molecule has 1 atom stereocenters. The molecule has 1 N–H and O–H groups in total. The van der Waals surface area contributed by atoms with Crippen molar-refractivity contribution in [2.24, 2.45) is 0 Å². The van der Waals surface area contributed by atoms with E-state index in [0.717, 1.165) is 16.7 Å². The number of nitrogens with one attached hydrogen (secondary N) is 1. The van der Waals surface area contributed by atoms with Crippen LogP contribution < -0.4 is 10.1 Å². The van der Waals surface area contributed by atoms with E-state index in [1.165, 1.54) is 13.0 Å². The first kappa shape index (κ1) is 23.1. The molecule has 0 aromatic heterocycles. The van der Waals surface area contributed by atoms with Crippen LogP contribution in [0.5, 0.6) is 5.75 Å². The molecule has 2 aromatic carbocycles. The predicted molar refractivity (Wildman–Crippen MR) is 121 cm³/mol. The number of thioether (sulfide) groups is 1. The summed E-state index contributed by atoms with van der Waals surface area (Å²) in [7, 11) is 0. The minimum absolute atomic E-state index is 0.149. The zero-order valence-electron chi connectivity index (χ0n) is 17.6. The molecule has 0 spiro atoms. The predicted octanol–water partition coefficient (Wildman–Crippen LogP) is 3.69. The van der Waals surface area contributed by atoms with E-state index >= 15 is 0 Å². The molecule has 0 unspecified atom stereocenters. The molecule has 166 valence electrons. The molecule has 32 heavy (non-hydrogen) atoms. The Kier molecular flexibility index (Phi) is 7.67. The normalized spacial score (nSPS) is 15.6. The smallest absolute Gasteiger partial charge is 0.329 e. The fourth-order valence-corrected chi connectivity index (χ4v) is 3.82. The van der Waals surface area contributed by atoms with Crippen LogP contribution in [0, 0.1) is 0 Å². The van der Waals surface area contributed by atoms with Gasteiger partial charge in [0.1, 0.15) is 11.8 Å². The summed E-state index contributed by atoms with van der Waals surface area (Å²) in [6.45, 7) is 3.01. The Morgan fingerprint density at radius 2 is 1.78 bits per heavy atom. The molecular formula is C23H22N2O6S. The minimum Gasteiger partial charge on any atom is -0.483 e. The van der Waals surface area contributed by atoms with Crippen molar-refractivity contribution in [2.75, 3.05) is 18.5 Å². The van der Waals surface area contributed by atoms with Gasteiger partial charge in [-0.05, 0) is 49.9 Å². The molecule has 8 nitrogen and oxygen atoms in total. The molecule has 0 saturated carbocycles. The van der Waals surface area contributed by atoms with Crippen LogP contribution in [0.1, 0.15) is 19.4 Å². The summed E-state index contributed by atoms with van der Waals surface area (Å²) in [4.78, 5) is 50.3. The van der Waals surface area contributed by atoms with Gasteiger partial charge in [0.05, 0.1) is 11.5 Å². The zero-order valence-corrected chi connectivity index (χ0v) is 18.4. The van der Waals surface area contributed by atoms with Crippen LogP contribution in [0.3, 0.4) is 0 Å². The van der Waals surface area contributed by atoms with Crippen molar-refractivity contribution in [3.63, 3.8) is 0 Å². The van der Waals surface area contributed by atoms with Gasteiger partial charge in [-0.3, -0.25) is 19.3 Å². The molecule has 3 amide bonds. The highest BCUT2D eigenvalue weighted by Crippen LogP contribution is 2.35. The first-order valence-electron chi connectivity index (χ1n) is 9.91. The van der Waals surface area contributed by atoms with Crippen molar-refractivity contribution in [3.8, 4) is 5.75 Å². The monoisotopic (exact) mass is 454 g/mol. The Balaban J connectivity index is 1.71. The number of ether oxygens (including phenoxy) is 2. The van der Waals surface area contributed by atoms with Crippen molar-refractivity contribution in [2.45, 2.75) is 19.9 Å². The lowest BCUT2D eigenvalue weighted by Gasteiger charge is -2.19. The first-order valence-corrected chi connectivity index (χ1v) is 10.7. The number of carbonyl (C=O) groups excluding carboxylic acids is 4. The van der Waals surface area contributed by atoms with Crippen molar-refractivity contribution in [1.29, 1.82) is 0 Å². The second-order valence-electron chi connectivity index (χ2n) is 6.72. The topological polar surface area (TPSA) is 102 Å². The summed E-state index contributed by atoms with van der Waals surface area (Å²) in [6.07, 6.45) is 1.51. The molecule has 1 fully saturated rings. The molecule has 1 saturated heterocycles. The van der Waals surface area contributed by atoms with Crippen LogP contribution in [0.15, 0.2) is 59.5 Å². The van der Waals surface area contributed by atoms with Crippen LogP contribution in [0.25, 0.3) is 6.08 Å². The molecule has 0 bridgehead atoms. The van der Waals surface area contributed by atoms with E-state index in [2.05, 4.69) is 5.32 Å². The van der Waals surface area contributed by atoms with Gasteiger partial charge in [0, 0.05) is 11.3 Å². The summed E-state index contributed by atoms with van der Waals surface area (Å²) in [6, 6.07) is 14.8. The lowest BCUT2D eigenvalue weighted by atomic mass is 10.1. The lowest BCUT2D eigenvalue weighted by molar-refractivity contribution is -0.150. The average Bonchev–Trinajstić information content (AvgIpc) is 3.06. The van der Waals surface area contributed by atoms with Gasteiger partial charge in [-0.15, -0.1) is 0 Å². The van der Waals surface area contributed by atoms with E-state index in [1.54, 1.807) is 43.3 Å². The Labute approximate surface area is 189 Å². The van der Waals surface area contributed by atoms with Gasteiger partial charge in [-0.25, -0.2) is 4.79 Å². The number of amides is 3. The molecule has 3 rings (SSSR count). The van der Waals surface area contributed by atoms with Gasteiger partial charge in [0.2, 0.25) is 0 Å². The third kappa shape index (κ3) is 5.55. The number of hydrogen-bond donors (Lipinski definition) is 1. The fraction of sp³-hybridized carbons (Fsp3) is 0.217. The summed E-state index contributed by atoms with van der Waals surface area (Å²) in [5.41, 5.74) is 1.17. The number of imide groups is 1. The van der Waals surface area contributed by atoms with Crippen LogP contribution in [0.2, 0.25) is 0 Å². The number of hydrogen-bond acceptors (Lipinski definition) is 7. The number of carbonyl (C=O) groups is 4. The maximum atomic E-state index is 12.8. The molecule has 9 heteroatoms. The lowest BCUT2D eigenvalue weighted by Crippen LogP contribution is -2.42. The summed E-state index contributed by atoms with van der Waals surface area (Å²) in [5.74, 6) is -1.20. The van der Waals surface area contributed by atoms with Gasteiger partial charge < -0.3 is 14.8 Å². The summed E-state index contributed by atoms with van der Waals surface area (Å²) in [5, 5.41) is 2.17. The van der Waals surface area contributed by atoms with Gasteiger partial charge in [0.15, 0.2) is 6.61 Å². The van der Waals surface area contributed by atoms with E-state index in [4.69, 9.17) is 9.47 Å². The number of nitrogens with zero attached hydrogens (tertiary/aromatic N) is 1. The van der Waals surface area contributed by atoms with E-state index in [-0.39, 0.29) is 24.0 Å². The third-order valence-electron chi connectivity index (χ3n) is 4.46. The van der Waals surface area contributed by atoms with Gasteiger partial charge >= 0.3 is 5.97 Å². The quantitative estimate of drug-likeness (QED) is 0.479. The van der Waals surface area contributed by atoms with E-state index in [0.29, 0.717) is 17.0 Å². The fourth-order valence-electron chi connectivity index (χ4n) is 2.92. The Bertz CT molecular complexity index is 1050. The molecule has 1 aliphatic rings. The summed E-state index contributed by atoms with van der Waals surface area (Å²) >= 11 is 0.731. The van der Waals surface area contributed by atoms with E-state index in [1.807, 2.05) is 18.2 Å². The highest BCUT2D eigenvalue weighted by atomic mass is 32.2. The SMILES string of the molecule is CCOC(=O)[C@@H](C)N1C(=O)S/C(=C/c2ccccc2OCC(=O)Nc2ccccc2)C1=O. The molecule has 1 aliphatic heterocycles. The van der Waals surface area contributed by atoms with Crippen molar-refractivity contribution < 1.29 is 28.7 Å². The van der Waals surface area contributed by atoms with Crippen LogP contribution >= 0.6 is 11.8 Å². The average molecular weight is 455 g/mol. The van der Waals surface area contributed by atoms with Crippen LogP contribution in [-0.4, -0.2) is 47.2 Å². The van der Waals surface area contributed by atoms with Gasteiger partial charge in [-0.1, -0.05) is 36.4 Å². The second kappa shape index (κ2) is 10.6. The maximum Gasteiger partial charge on any atom is 0.329 e. The first-order chi connectivity index (χ1) is 15.4.